The maximum atomic E-state index is 11.5. The van der Waals surface area contributed by atoms with E-state index in [0.29, 0.717) is 11.8 Å². The first-order valence-corrected chi connectivity index (χ1v) is 9.61. The molecule has 1 aromatic carbocycles. The summed E-state index contributed by atoms with van der Waals surface area (Å²) >= 11 is 3.50. The minimum atomic E-state index is -3.19. The third-order valence-corrected chi connectivity index (χ3v) is 6.19. The highest BCUT2D eigenvalue weighted by Crippen LogP contribution is 2.27. The highest BCUT2D eigenvalue weighted by molar-refractivity contribution is 9.10. The SMILES string of the molecule is O=S1(=O)CC(O)C(Oc2ccc(Br)c(CNC3CC3)c2)C1. The summed E-state index contributed by atoms with van der Waals surface area (Å²) < 4.78 is 29.6. The molecule has 1 aliphatic carbocycles. The number of rotatable bonds is 5. The molecular weight excluding hydrogens is 358 g/mol. The van der Waals surface area contributed by atoms with Gasteiger partial charge in [-0.3, -0.25) is 0 Å². The molecule has 2 aliphatic rings. The van der Waals surface area contributed by atoms with Crippen molar-refractivity contribution in [1.82, 2.24) is 5.32 Å². The van der Waals surface area contributed by atoms with E-state index in [0.717, 1.165) is 16.6 Å². The number of aliphatic hydroxyl groups excluding tert-OH is 1. The molecule has 1 aliphatic heterocycles. The van der Waals surface area contributed by atoms with Crippen LogP contribution in [-0.2, 0) is 16.4 Å². The smallest absolute Gasteiger partial charge is 0.156 e. The molecule has 116 valence electrons. The minimum Gasteiger partial charge on any atom is -0.487 e. The van der Waals surface area contributed by atoms with E-state index in [9.17, 15) is 13.5 Å². The number of aliphatic hydroxyl groups is 1. The topological polar surface area (TPSA) is 75.6 Å². The van der Waals surface area contributed by atoms with Crippen molar-refractivity contribution in [2.45, 2.75) is 37.6 Å². The van der Waals surface area contributed by atoms with Gasteiger partial charge in [-0.05, 0) is 36.6 Å². The monoisotopic (exact) mass is 375 g/mol. The Morgan fingerprint density at radius 2 is 2.10 bits per heavy atom. The largest absolute Gasteiger partial charge is 0.487 e. The summed E-state index contributed by atoms with van der Waals surface area (Å²) in [5, 5.41) is 13.2. The molecule has 0 radical (unpaired) electrons. The first-order valence-electron chi connectivity index (χ1n) is 7.00. The fourth-order valence-electron chi connectivity index (χ4n) is 2.39. The van der Waals surface area contributed by atoms with E-state index in [1.54, 1.807) is 6.07 Å². The molecule has 1 aromatic rings. The van der Waals surface area contributed by atoms with Crippen LogP contribution in [0.4, 0.5) is 0 Å². The van der Waals surface area contributed by atoms with E-state index >= 15 is 0 Å². The number of ether oxygens (including phenoxy) is 1. The molecule has 2 fully saturated rings. The van der Waals surface area contributed by atoms with Crippen molar-refractivity contribution in [3.05, 3.63) is 28.2 Å². The van der Waals surface area contributed by atoms with Gasteiger partial charge in [-0.15, -0.1) is 0 Å². The summed E-state index contributed by atoms with van der Waals surface area (Å²) in [5.41, 5.74) is 1.06. The van der Waals surface area contributed by atoms with Crippen molar-refractivity contribution >= 4 is 25.8 Å². The highest BCUT2D eigenvalue weighted by atomic mass is 79.9. The van der Waals surface area contributed by atoms with Crippen LogP contribution in [0.25, 0.3) is 0 Å². The normalized spacial score (nSPS) is 27.7. The predicted octanol–water partition coefficient (Wildman–Crippen LogP) is 1.24. The van der Waals surface area contributed by atoms with E-state index in [2.05, 4.69) is 21.2 Å². The van der Waals surface area contributed by atoms with Crippen LogP contribution in [0.5, 0.6) is 5.75 Å². The van der Waals surface area contributed by atoms with Gasteiger partial charge in [0.1, 0.15) is 18.0 Å². The van der Waals surface area contributed by atoms with Crippen LogP contribution in [0.2, 0.25) is 0 Å². The van der Waals surface area contributed by atoms with Gasteiger partial charge >= 0.3 is 0 Å². The maximum Gasteiger partial charge on any atom is 0.156 e. The van der Waals surface area contributed by atoms with E-state index in [4.69, 9.17) is 4.74 Å². The number of nitrogens with one attached hydrogen (secondary N) is 1. The Morgan fingerprint density at radius 1 is 1.33 bits per heavy atom. The van der Waals surface area contributed by atoms with Crippen molar-refractivity contribution in [3.8, 4) is 5.75 Å². The minimum absolute atomic E-state index is 0.125. The molecule has 0 amide bonds. The Balaban J connectivity index is 1.68. The van der Waals surface area contributed by atoms with Crippen LogP contribution in [-0.4, -0.2) is 43.3 Å². The quantitative estimate of drug-likeness (QED) is 0.809. The van der Waals surface area contributed by atoms with Gasteiger partial charge < -0.3 is 15.2 Å². The van der Waals surface area contributed by atoms with E-state index in [1.807, 2.05) is 12.1 Å². The molecule has 7 heteroatoms. The van der Waals surface area contributed by atoms with Crippen LogP contribution < -0.4 is 10.1 Å². The van der Waals surface area contributed by atoms with Gasteiger partial charge in [-0.1, -0.05) is 15.9 Å². The molecule has 2 atom stereocenters. The number of sulfone groups is 1. The molecule has 2 unspecified atom stereocenters. The maximum absolute atomic E-state index is 11.5. The summed E-state index contributed by atoms with van der Waals surface area (Å²) in [4.78, 5) is 0. The lowest BCUT2D eigenvalue weighted by atomic mass is 10.2. The molecule has 0 spiro atoms. The van der Waals surface area contributed by atoms with Crippen LogP contribution in [0.15, 0.2) is 22.7 Å². The van der Waals surface area contributed by atoms with Crippen molar-refractivity contribution < 1.29 is 18.3 Å². The van der Waals surface area contributed by atoms with Crippen molar-refractivity contribution in [2.24, 2.45) is 0 Å². The van der Waals surface area contributed by atoms with Gasteiger partial charge in [0, 0.05) is 17.1 Å². The van der Waals surface area contributed by atoms with Gasteiger partial charge in [0.05, 0.1) is 11.5 Å². The van der Waals surface area contributed by atoms with Gasteiger partial charge in [-0.2, -0.15) is 0 Å². The first-order chi connectivity index (χ1) is 9.93. The Bertz CT molecular complexity index is 630. The lowest BCUT2D eigenvalue weighted by molar-refractivity contribution is 0.0737. The fourth-order valence-corrected chi connectivity index (χ4v) is 4.43. The van der Waals surface area contributed by atoms with Gasteiger partial charge in [-0.25, -0.2) is 8.42 Å². The Kier molecular flexibility index (Phi) is 4.27. The van der Waals surface area contributed by atoms with Gasteiger partial charge in [0.15, 0.2) is 9.84 Å². The predicted molar refractivity (Wildman–Crippen MR) is 83.1 cm³/mol. The molecule has 0 bridgehead atoms. The van der Waals surface area contributed by atoms with Crippen molar-refractivity contribution in [1.29, 1.82) is 0 Å². The highest BCUT2D eigenvalue weighted by Gasteiger charge is 2.38. The average molecular weight is 376 g/mol. The Labute approximate surface area is 132 Å². The van der Waals surface area contributed by atoms with Crippen LogP contribution in [0.1, 0.15) is 18.4 Å². The van der Waals surface area contributed by atoms with Gasteiger partial charge in [0.2, 0.25) is 0 Å². The van der Waals surface area contributed by atoms with Crippen LogP contribution in [0.3, 0.4) is 0 Å². The van der Waals surface area contributed by atoms with Crippen LogP contribution >= 0.6 is 15.9 Å². The second-order valence-electron chi connectivity index (χ2n) is 5.71. The number of benzene rings is 1. The summed E-state index contributed by atoms with van der Waals surface area (Å²) in [5.74, 6) is 0.247. The zero-order valence-corrected chi connectivity index (χ0v) is 13.9. The van der Waals surface area contributed by atoms with E-state index < -0.39 is 22.0 Å². The molecule has 2 N–H and O–H groups in total. The molecule has 1 heterocycles. The zero-order chi connectivity index (χ0) is 15.0. The summed E-state index contributed by atoms with van der Waals surface area (Å²) in [6.07, 6.45) is 0.812. The fraction of sp³-hybridized carbons (Fsp3) is 0.571. The number of halogens is 1. The zero-order valence-electron chi connectivity index (χ0n) is 11.5. The van der Waals surface area contributed by atoms with E-state index in [1.165, 1.54) is 12.8 Å². The lowest BCUT2D eigenvalue weighted by Crippen LogP contribution is -2.29. The molecule has 3 rings (SSSR count). The third-order valence-electron chi connectivity index (χ3n) is 3.74. The molecule has 1 saturated carbocycles. The summed E-state index contributed by atoms with van der Waals surface area (Å²) in [6, 6.07) is 6.16. The molecular formula is C14H18BrNO4S. The second-order valence-corrected chi connectivity index (χ2v) is 8.72. The van der Waals surface area contributed by atoms with E-state index in [-0.39, 0.29) is 11.5 Å². The number of hydrogen-bond donors (Lipinski definition) is 2. The summed E-state index contributed by atoms with van der Waals surface area (Å²) in [7, 11) is -3.19. The third kappa shape index (κ3) is 3.97. The van der Waals surface area contributed by atoms with Crippen molar-refractivity contribution in [3.63, 3.8) is 0 Å². The molecule has 21 heavy (non-hydrogen) atoms. The van der Waals surface area contributed by atoms with Crippen LogP contribution in [0, 0.1) is 0 Å². The second kappa shape index (κ2) is 5.87. The van der Waals surface area contributed by atoms with Gasteiger partial charge in [0.25, 0.3) is 0 Å². The molecule has 1 saturated heterocycles. The average Bonchev–Trinajstić information content (AvgIpc) is 3.17. The Hall–Kier alpha value is -0.630. The number of hydrogen-bond acceptors (Lipinski definition) is 5. The van der Waals surface area contributed by atoms with Crippen molar-refractivity contribution in [2.75, 3.05) is 11.5 Å². The Morgan fingerprint density at radius 3 is 2.71 bits per heavy atom. The lowest BCUT2D eigenvalue weighted by Gasteiger charge is -2.17. The molecule has 0 aromatic heterocycles. The standard InChI is InChI=1S/C14H18BrNO4S/c15-12-4-3-11(5-9(12)6-16-10-1-2-10)20-14-8-21(18,19)7-13(14)17/h3-5,10,13-14,16-17H,1-2,6-8H2. The first kappa shape index (κ1) is 15.3. The molecule has 5 nitrogen and oxygen atoms in total. The summed E-state index contributed by atoms with van der Waals surface area (Å²) in [6.45, 7) is 0.744.